The molecular weight excluding hydrogens is 344 g/mol. The van der Waals surface area contributed by atoms with E-state index < -0.39 is 6.10 Å². The molecule has 0 aliphatic carbocycles. The molecule has 4 rings (SSSR count). The second-order valence-corrected chi connectivity index (χ2v) is 6.59. The summed E-state index contributed by atoms with van der Waals surface area (Å²) in [5, 5.41) is 7.03. The molecule has 6 heteroatoms. The minimum Gasteiger partial charge on any atom is -0.479 e. The Morgan fingerprint density at radius 2 is 1.96 bits per heavy atom. The number of amides is 1. The standard InChI is InChI=1S/C21H20N2O4/c1-3-13-4-6-16-14(9-20(24)27-19(16)8-13)11-22-15-5-7-18-17(10-15)23-21(25)12(2)26-18/h4-10,12,22H,3,11H2,1-2H3,(H,23,25). The van der Waals surface area contributed by atoms with Crippen LogP contribution in [-0.2, 0) is 17.8 Å². The fourth-order valence-corrected chi connectivity index (χ4v) is 3.16. The van der Waals surface area contributed by atoms with Crippen LogP contribution in [-0.4, -0.2) is 12.0 Å². The zero-order valence-corrected chi connectivity index (χ0v) is 15.2. The number of anilines is 2. The summed E-state index contributed by atoms with van der Waals surface area (Å²) >= 11 is 0. The van der Waals surface area contributed by atoms with Gasteiger partial charge < -0.3 is 19.8 Å². The Hall–Kier alpha value is -3.28. The highest BCUT2D eigenvalue weighted by Gasteiger charge is 2.23. The van der Waals surface area contributed by atoms with E-state index in [9.17, 15) is 9.59 Å². The number of nitrogens with one attached hydrogen (secondary N) is 2. The third-order valence-electron chi connectivity index (χ3n) is 4.70. The number of benzene rings is 2. The van der Waals surface area contributed by atoms with Crippen LogP contribution in [0.1, 0.15) is 25.0 Å². The third kappa shape index (κ3) is 3.38. The van der Waals surface area contributed by atoms with Crippen molar-refractivity contribution in [3.05, 3.63) is 64.0 Å². The SMILES string of the molecule is CCc1ccc2c(CNc3ccc4c(c3)NC(=O)C(C)O4)cc(=O)oc2c1. The fourth-order valence-electron chi connectivity index (χ4n) is 3.16. The molecular formula is C21H20N2O4. The van der Waals surface area contributed by atoms with Gasteiger partial charge >= 0.3 is 5.63 Å². The highest BCUT2D eigenvalue weighted by atomic mass is 16.5. The molecule has 1 aliphatic rings. The minimum atomic E-state index is -0.501. The van der Waals surface area contributed by atoms with Gasteiger partial charge in [0.2, 0.25) is 0 Å². The number of aryl methyl sites for hydroxylation is 1. The van der Waals surface area contributed by atoms with E-state index in [1.807, 2.05) is 36.4 Å². The van der Waals surface area contributed by atoms with Gasteiger partial charge in [0.05, 0.1) is 5.69 Å². The molecule has 1 atom stereocenters. The molecule has 1 aliphatic heterocycles. The summed E-state index contributed by atoms with van der Waals surface area (Å²) in [6.07, 6.45) is 0.378. The van der Waals surface area contributed by atoms with Gasteiger partial charge in [0, 0.05) is 23.7 Å². The topological polar surface area (TPSA) is 80.6 Å². The van der Waals surface area contributed by atoms with Crippen LogP contribution in [0.4, 0.5) is 11.4 Å². The second-order valence-electron chi connectivity index (χ2n) is 6.59. The summed E-state index contributed by atoms with van der Waals surface area (Å²) in [7, 11) is 0. The summed E-state index contributed by atoms with van der Waals surface area (Å²) in [6.45, 7) is 4.22. The van der Waals surface area contributed by atoms with Crippen molar-refractivity contribution in [2.45, 2.75) is 32.9 Å². The van der Waals surface area contributed by atoms with Crippen molar-refractivity contribution in [3.8, 4) is 5.75 Å². The molecule has 3 aromatic rings. The maximum atomic E-state index is 11.9. The van der Waals surface area contributed by atoms with Crippen LogP contribution < -0.4 is 21.0 Å². The van der Waals surface area contributed by atoms with Gasteiger partial charge in [-0.15, -0.1) is 0 Å². The van der Waals surface area contributed by atoms with Crippen LogP contribution in [0.15, 0.2) is 51.7 Å². The Morgan fingerprint density at radius 3 is 2.78 bits per heavy atom. The largest absolute Gasteiger partial charge is 0.479 e. The molecule has 1 unspecified atom stereocenters. The van der Waals surface area contributed by atoms with Crippen LogP contribution in [0.5, 0.6) is 5.75 Å². The lowest BCUT2D eigenvalue weighted by atomic mass is 10.1. The zero-order valence-electron chi connectivity index (χ0n) is 15.2. The predicted molar refractivity (Wildman–Crippen MR) is 104 cm³/mol. The van der Waals surface area contributed by atoms with Crippen molar-refractivity contribution in [2.24, 2.45) is 0 Å². The van der Waals surface area contributed by atoms with Crippen LogP contribution in [0, 0.1) is 0 Å². The van der Waals surface area contributed by atoms with Crippen molar-refractivity contribution < 1.29 is 13.9 Å². The Kier molecular flexibility index (Phi) is 4.32. The van der Waals surface area contributed by atoms with E-state index in [-0.39, 0.29) is 11.5 Å². The van der Waals surface area contributed by atoms with Crippen molar-refractivity contribution in [1.29, 1.82) is 0 Å². The Morgan fingerprint density at radius 1 is 1.11 bits per heavy atom. The summed E-state index contributed by atoms with van der Waals surface area (Å²) < 4.78 is 10.9. The quantitative estimate of drug-likeness (QED) is 0.690. The molecule has 0 radical (unpaired) electrons. The molecule has 6 nitrogen and oxygen atoms in total. The number of rotatable bonds is 4. The molecule has 2 N–H and O–H groups in total. The van der Waals surface area contributed by atoms with Crippen LogP contribution in [0.25, 0.3) is 11.0 Å². The average Bonchev–Trinajstić information content (AvgIpc) is 2.66. The molecule has 27 heavy (non-hydrogen) atoms. The van der Waals surface area contributed by atoms with E-state index in [2.05, 4.69) is 17.6 Å². The first-order chi connectivity index (χ1) is 13.0. The Labute approximate surface area is 156 Å². The second kappa shape index (κ2) is 6.79. The molecule has 0 spiro atoms. The monoisotopic (exact) mass is 364 g/mol. The number of carbonyl (C=O) groups excluding carboxylic acids is 1. The highest BCUT2D eigenvalue weighted by molar-refractivity contribution is 5.98. The Balaban J connectivity index is 1.60. The van der Waals surface area contributed by atoms with E-state index in [1.165, 1.54) is 6.07 Å². The van der Waals surface area contributed by atoms with Gasteiger partial charge in [0.15, 0.2) is 6.10 Å². The van der Waals surface area contributed by atoms with Crippen molar-refractivity contribution in [1.82, 2.24) is 0 Å². The van der Waals surface area contributed by atoms with Gasteiger partial charge in [-0.3, -0.25) is 4.79 Å². The minimum absolute atomic E-state index is 0.168. The summed E-state index contributed by atoms with van der Waals surface area (Å²) in [6, 6.07) is 13.0. The predicted octanol–water partition coefficient (Wildman–Crippen LogP) is 3.69. The molecule has 1 amide bonds. The lowest BCUT2D eigenvalue weighted by Crippen LogP contribution is -2.34. The van der Waals surface area contributed by atoms with E-state index >= 15 is 0 Å². The maximum Gasteiger partial charge on any atom is 0.336 e. The smallest absolute Gasteiger partial charge is 0.336 e. The molecule has 138 valence electrons. The highest BCUT2D eigenvalue weighted by Crippen LogP contribution is 2.32. The fraction of sp³-hybridized carbons (Fsp3) is 0.238. The lowest BCUT2D eigenvalue weighted by Gasteiger charge is -2.23. The normalized spacial score (nSPS) is 15.8. The molecule has 2 heterocycles. The van der Waals surface area contributed by atoms with Gasteiger partial charge in [0.1, 0.15) is 11.3 Å². The van der Waals surface area contributed by atoms with Crippen LogP contribution in [0.3, 0.4) is 0 Å². The Bertz CT molecular complexity index is 1090. The summed E-state index contributed by atoms with van der Waals surface area (Å²) in [5.74, 6) is 0.476. The summed E-state index contributed by atoms with van der Waals surface area (Å²) in [5.41, 5.74) is 3.66. The first-order valence-electron chi connectivity index (χ1n) is 8.94. The molecule has 0 fully saturated rings. The van der Waals surface area contributed by atoms with Gasteiger partial charge in [-0.1, -0.05) is 19.1 Å². The van der Waals surface area contributed by atoms with Gasteiger partial charge in [-0.25, -0.2) is 4.79 Å². The van der Waals surface area contributed by atoms with Gasteiger partial charge in [0.25, 0.3) is 5.91 Å². The summed E-state index contributed by atoms with van der Waals surface area (Å²) in [4.78, 5) is 23.7. The number of hydrogen-bond donors (Lipinski definition) is 2. The van der Waals surface area contributed by atoms with Gasteiger partial charge in [-0.2, -0.15) is 0 Å². The molecule has 0 saturated heterocycles. The van der Waals surface area contributed by atoms with E-state index in [4.69, 9.17) is 9.15 Å². The zero-order chi connectivity index (χ0) is 19.0. The van der Waals surface area contributed by atoms with Crippen LogP contribution >= 0.6 is 0 Å². The van der Waals surface area contributed by atoms with E-state index in [1.54, 1.807) is 6.92 Å². The lowest BCUT2D eigenvalue weighted by molar-refractivity contribution is -0.122. The van der Waals surface area contributed by atoms with E-state index in [0.29, 0.717) is 23.6 Å². The third-order valence-corrected chi connectivity index (χ3v) is 4.70. The van der Waals surface area contributed by atoms with Gasteiger partial charge in [-0.05, 0) is 48.7 Å². The van der Waals surface area contributed by atoms with Crippen molar-refractivity contribution in [3.63, 3.8) is 0 Å². The number of hydrogen-bond acceptors (Lipinski definition) is 5. The van der Waals surface area contributed by atoms with E-state index in [0.717, 1.165) is 28.6 Å². The van der Waals surface area contributed by atoms with Crippen LogP contribution in [0.2, 0.25) is 0 Å². The molecule has 0 saturated carbocycles. The molecule has 2 aromatic carbocycles. The van der Waals surface area contributed by atoms with Crippen molar-refractivity contribution >= 4 is 28.3 Å². The molecule has 0 bridgehead atoms. The first kappa shape index (κ1) is 17.1. The molecule has 1 aromatic heterocycles. The first-order valence-corrected chi connectivity index (χ1v) is 8.94. The number of carbonyl (C=O) groups is 1. The number of fused-ring (bicyclic) bond motifs is 2. The van der Waals surface area contributed by atoms with Crippen molar-refractivity contribution in [2.75, 3.05) is 10.6 Å². The maximum absolute atomic E-state index is 11.9. The number of ether oxygens (including phenoxy) is 1. The average molecular weight is 364 g/mol.